The second kappa shape index (κ2) is 6.44. The summed E-state index contributed by atoms with van der Waals surface area (Å²) in [5.74, 6) is 0.684. The molecule has 0 amide bonds. The van der Waals surface area contributed by atoms with Crippen LogP contribution in [0.3, 0.4) is 0 Å². The van der Waals surface area contributed by atoms with Gasteiger partial charge in [0.05, 0.1) is 5.69 Å². The first-order valence-corrected chi connectivity index (χ1v) is 7.31. The number of hydrogen-bond donors (Lipinski definition) is 2. The Morgan fingerprint density at radius 2 is 1.70 bits per heavy atom. The van der Waals surface area contributed by atoms with Crippen LogP contribution in [0.25, 0.3) is 0 Å². The number of nitrogens with zero attached hydrogens (tertiary/aromatic N) is 2. The summed E-state index contributed by atoms with van der Waals surface area (Å²) in [6, 6.07) is 16.2. The van der Waals surface area contributed by atoms with Gasteiger partial charge in [0.25, 0.3) is 0 Å². The molecular formula is C18H17FN4. The van der Waals surface area contributed by atoms with E-state index in [9.17, 15) is 4.39 Å². The molecule has 116 valence electrons. The molecule has 0 bridgehead atoms. The summed E-state index contributed by atoms with van der Waals surface area (Å²) in [4.78, 5) is 8.76. The summed E-state index contributed by atoms with van der Waals surface area (Å²) in [5, 5.41) is 6.15. The van der Waals surface area contributed by atoms with Crippen molar-refractivity contribution in [3.63, 3.8) is 0 Å². The zero-order chi connectivity index (χ0) is 16.2. The molecule has 2 aromatic carbocycles. The van der Waals surface area contributed by atoms with E-state index < -0.39 is 0 Å². The summed E-state index contributed by atoms with van der Waals surface area (Å²) in [6.45, 7) is 3.89. The lowest BCUT2D eigenvalue weighted by molar-refractivity contribution is 0.632. The minimum absolute atomic E-state index is 0.322. The van der Waals surface area contributed by atoms with Crippen molar-refractivity contribution in [2.24, 2.45) is 0 Å². The first kappa shape index (κ1) is 15.0. The Morgan fingerprint density at radius 1 is 0.870 bits per heavy atom. The van der Waals surface area contributed by atoms with Crippen molar-refractivity contribution < 1.29 is 4.39 Å². The van der Waals surface area contributed by atoms with Crippen molar-refractivity contribution in [2.75, 3.05) is 10.6 Å². The van der Waals surface area contributed by atoms with E-state index in [-0.39, 0.29) is 5.82 Å². The SMILES string of the molecule is Cc1cccc(Nc2nc(C)cc(Nc3ccccc3F)n2)c1. The van der Waals surface area contributed by atoms with Crippen LogP contribution in [0.5, 0.6) is 0 Å². The number of rotatable bonds is 4. The predicted molar refractivity (Wildman–Crippen MR) is 90.9 cm³/mol. The van der Waals surface area contributed by atoms with Gasteiger partial charge in [0.2, 0.25) is 5.95 Å². The molecule has 2 N–H and O–H groups in total. The van der Waals surface area contributed by atoms with Crippen LogP contribution in [0, 0.1) is 19.7 Å². The second-order valence-corrected chi connectivity index (χ2v) is 5.32. The lowest BCUT2D eigenvalue weighted by Crippen LogP contribution is -2.03. The van der Waals surface area contributed by atoms with E-state index in [1.807, 2.05) is 38.1 Å². The highest BCUT2D eigenvalue weighted by Crippen LogP contribution is 2.21. The van der Waals surface area contributed by atoms with E-state index >= 15 is 0 Å². The van der Waals surface area contributed by atoms with Crippen molar-refractivity contribution in [3.8, 4) is 0 Å². The van der Waals surface area contributed by atoms with E-state index in [2.05, 4.69) is 20.6 Å². The van der Waals surface area contributed by atoms with Gasteiger partial charge in [-0.15, -0.1) is 0 Å². The average molecular weight is 308 g/mol. The minimum atomic E-state index is -0.322. The number of nitrogens with one attached hydrogen (secondary N) is 2. The summed E-state index contributed by atoms with van der Waals surface area (Å²) < 4.78 is 13.7. The van der Waals surface area contributed by atoms with Crippen LogP contribution in [0.2, 0.25) is 0 Å². The third-order valence-electron chi connectivity index (χ3n) is 3.27. The largest absolute Gasteiger partial charge is 0.338 e. The van der Waals surface area contributed by atoms with Gasteiger partial charge in [-0.3, -0.25) is 0 Å². The molecule has 0 aliphatic heterocycles. The van der Waals surface area contributed by atoms with E-state index in [0.29, 0.717) is 17.5 Å². The van der Waals surface area contributed by atoms with Crippen LogP contribution in [-0.4, -0.2) is 9.97 Å². The molecule has 23 heavy (non-hydrogen) atoms. The fraction of sp³-hybridized carbons (Fsp3) is 0.111. The van der Waals surface area contributed by atoms with E-state index in [1.165, 1.54) is 6.07 Å². The summed E-state index contributed by atoms with van der Waals surface area (Å²) in [6.07, 6.45) is 0. The molecule has 0 radical (unpaired) electrons. The van der Waals surface area contributed by atoms with Gasteiger partial charge in [0.1, 0.15) is 11.6 Å². The summed E-state index contributed by atoms with van der Waals surface area (Å²) in [7, 11) is 0. The van der Waals surface area contributed by atoms with Gasteiger partial charge >= 0.3 is 0 Å². The molecule has 3 aromatic rings. The standard InChI is InChI=1S/C18H17FN4/c1-12-6-5-7-14(10-12)21-18-20-13(2)11-17(23-18)22-16-9-4-3-8-15(16)19/h3-11H,1-2H3,(H2,20,21,22,23). The van der Waals surface area contributed by atoms with Crippen molar-refractivity contribution in [1.29, 1.82) is 0 Å². The van der Waals surface area contributed by atoms with Gasteiger partial charge in [-0.25, -0.2) is 9.37 Å². The summed E-state index contributed by atoms with van der Waals surface area (Å²) >= 11 is 0. The third kappa shape index (κ3) is 3.83. The van der Waals surface area contributed by atoms with Crippen LogP contribution in [0.15, 0.2) is 54.6 Å². The highest BCUT2D eigenvalue weighted by molar-refractivity contribution is 5.60. The smallest absolute Gasteiger partial charge is 0.229 e. The van der Waals surface area contributed by atoms with Crippen LogP contribution >= 0.6 is 0 Å². The van der Waals surface area contributed by atoms with Gasteiger partial charge in [-0.05, 0) is 43.7 Å². The van der Waals surface area contributed by atoms with Crippen LogP contribution < -0.4 is 10.6 Å². The number of benzene rings is 2. The maximum atomic E-state index is 13.7. The van der Waals surface area contributed by atoms with Crippen LogP contribution in [0.1, 0.15) is 11.3 Å². The lowest BCUT2D eigenvalue weighted by atomic mass is 10.2. The van der Waals surface area contributed by atoms with Gasteiger partial charge in [-0.2, -0.15) is 4.98 Å². The van der Waals surface area contributed by atoms with E-state index in [4.69, 9.17) is 0 Å². The van der Waals surface area contributed by atoms with Gasteiger partial charge in [-0.1, -0.05) is 24.3 Å². The predicted octanol–water partition coefficient (Wildman–Crippen LogP) is 4.72. The van der Waals surface area contributed by atoms with Gasteiger partial charge in [0, 0.05) is 17.4 Å². The number of hydrogen-bond acceptors (Lipinski definition) is 4. The first-order valence-electron chi connectivity index (χ1n) is 7.31. The zero-order valence-electron chi connectivity index (χ0n) is 13.0. The Bertz CT molecular complexity index is 833. The molecule has 1 aromatic heterocycles. The zero-order valence-corrected chi connectivity index (χ0v) is 13.0. The fourth-order valence-corrected chi connectivity index (χ4v) is 2.24. The molecule has 0 aliphatic rings. The molecular weight excluding hydrogens is 291 g/mol. The normalized spacial score (nSPS) is 10.4. The highest BCUT2D eigenvalue weighted by atomic mass is 19.1. The number of halogens is 1. The Morgan fingerprint density at radius 3 is 2.48 bits per heavy atom. The van der Waals surface area contributed by atoms with Crippen LogP contribution in [-0.2, 0) is 0 Å². The van der Waals surface area contributed by atoms with Gasteiger partial charge < -0.3 is 10.6 Å². The van der Waals surface area contributed by atoms with Crippen molar-refractivity contribution in [2.45, 2.75) is 13.8 Å². The van der Waals surface area contributed by atoms with Crippen LogP contribution in [0.4, 0.5) is 27.5 Å². The first-order chi connectivity index (χ1) is 11.1. The maximum absolute atomic E-state index is 13.7. The number of anilines is 4. The fourth-order valence-electron chi connectivity index (χ4n) is 2.24. The molecule has 3 rings (SSSR count). The van der Waals surface area contributed by atoms with Gasteiger partial charge in [0.15, 0.2) is 0 Å². The molecule has 0 saturated carbocycles. The second-order valence-electron chi connectivity index (χ2n) is 5.32. The molecule has 0 spiro atoms. The van der Waals surface area contributed by atoms with E-state index in [1.54, 1.807) is 24.3 Å². The number of aryl methyl sites for hydroxylation is 2. The minimum Gasteiger partial charge on any atom is -0.338 e. The quantitative estimate of drug-likeness (QED) is 0.732. The molecule has 5 heteroatoms. The Hall–Kier alpha value is -2.95. The Balaban J connectivity index is 1.86. The monoisotopic (exact) mass is 308 g/mol. The molecule has 0 aliphatic carbocycles. The Kier molecular flexibility index (Phi) is 4.19. The summed E-state index contributed by atoms with van der Waals surface area (Å²) in [5.41, 5.74) is 3.22. The third-order valence-corrected chi connectivity index (χ3v) is 3.27. The topological polar surface area (TPSA) is 49.8 Å². The highest BCUT2D eigenvalue weighted by Gasteiger charge is 2.06. The van der Waals surface area contributed by atoms with Crippen molar-refractivity contribution in [3.05, 3.63) is 71.7 Å². The maximum Gasteiger partial charge on any atom is 0.229 e. The average Bonchev–Trinajstić information content (AvgIpc) is 2.49. The number of para-hydroxylation sites is 1. The molecule has 0 unspecified atom stereocenters. The Labute approximate surface area is 134 Å². The molecule has 0 atom stereocenters. The number of aromatic nitrogens is 2. The van der Waals surface area contributed by atoms with Crippen molar-refractivity contribution >= 4 is 23.1 Å². The van der Waals surface area contributed by atoms with E-state index in [0.717, 1.165) is 16.9 Å². The van der Waals surface area contributed by atoms with Crippen molar-refractivity contribution in [1.82, 2.24) is 9.97 Å². The molecule has 0 saturated heterocycles. The lowest BCUT2D eigenvalue weighted by Gasteiger charge is -2.10. The molecule has 0 fully saturated rings. The molecule has 4 nitrogen and oxygen atoms in total. The molecule has 1 heterocycles.